The van der Waals surface area contributed by atoms with Crippen LogP contribution in [0.1, 0.15) is 21.7 Å². The number of hydrogen-bond donors (Lipinski definition) is 1. The molecule has 0 aliphatic heterocycles. The van der Waals surface area contributed by atoms with Crippen molar-refractivity contribution in [2.24, 2.45) is 0 Å². The molecule has 6 nitrogen and oxygen atoms in total. The van der Waals surface area contributed by atoms with Gasteiger partial charge in [0.2, 0.25) is 0 Å². The lowest BCUT2D eigenvalue weighted by molar-refractivity contribution is 0.0952. The molecule has 0 saturated heterocycles. The first-order chi connectivity index (χ1) is 13.1. The molecule has 134 valence electrons. The number of carbonyl (C=O) groups is 1. The van der Waals surface area contributed by atoms with Crippen molar-refractivity contribution in [3.8, 4) is 11.3 Å². The van der Waals surface area contributed by atoms with E-state index in [-0.39, 0.29) is 17.4 Å². The highest BCUT2D eigenvalue weighted by molar-refractivity contribution is 6.06. The molecule has 3 heterocycles. The average Bonchev–Trinajstić information content (AvgIpc) is 3.08. The van der Waals surface area contributed by atoms with Gasteiger partial charge in [0, 0.05) is 11.8 Å². The fourth-order valence-electron chi connectivity index (χ4n) is 2.81. The molecule has 0 spiro atoms. The zero-order valence-electron chi connectivity index (χ0n) is 14.4. The van der Waals surface area contributed by atoms with Gasteiger partial charge in [0.15, 0.2) is 0 Å². The minimum Gasteiger partial charge on any atom is -0.346 e. The second-order valence-corrected chi connectivity index (χ2v) is 6.01. The number of pyridine rings is 2. The molecular weight excluding hydrogens is 347 g/mol. The number of rotatable bonds is 4. The maximum absolute atomic E-state index is 13.2. The van der Waals surface area contributed by atoms with Gasteiger partial charge in [-0.2, -0.15) is 0 Å². The fourth-order valence-corrected chi connectivity index (χ4v) is 2.81. The summed E-state index contributed by atoms with van der Waals surface area (Å²) in [5.74, 6) is -0.633. The highest BCUT2D eigenvalue weighted by Crippen LogP contribution is 2.27. The maximum atomic E-state index is 13.2. The lowest BCUT2D eigenvalue weighted by atomic mass is 10.0. The highest BCUT2D eigenvalue weighted by Gasteiger charge is 2.19. The van der Waals surface area contributed by atoms with E-state index in [1.54, 1.807) is 31.3 Å². The Labute approximate surface area is 154 Å². The summed E-state index contributed by atoms with van der Waals surface area (Å²) in [7, 11) is 0. The summed E-state index contributed by atoms with van der Waals surface area (Å²) < 4.78 is 18.5. The predicted molar refractivity (Wildman–Crippen MR) is 97.3 cm³/mol. The molecule has 27 heavy (non-hydrogen) atoms. The van der Waals surface area contributed by atoms with Crippen LogP contribution in [0, 0.1) is 12.7 Å². The Morgan fingerprint density at radius 1 is 1.19 bits per heavy atom. The van der Waals surface area contributed by atoms with Gasteiger partial charge in [-0.25, -0.2) is 9.37 Å². The summed E-state index contributed by atoms with van der Waals surface area (Å²) in [6, 6.07) is 13.0. The fraction of sp³-hybridized carbons (Fsp3) is 0.100. The number of carbonyl (C=O) groups excluding carboxylic acids is 1. The van der Waals surface area contributed by atoms with Crippen molar-refractivity contribution in [2.75, 3.05) is 0 Å². The molecular formula is C20H15FN4O2. The second-order valence-electron chi connectivity index (χ2n) is 6.01. The number of nitrogens with zero attached hydrogens (tertiary/aromatic N) is 3. The maximum Gasteiger partial charge on any atom is 0.259 e. The van der Waals surface area contributed by atoms with E-state index in [0.29, 0.717) is 34.4 Å². The topological polar surface area (TPSA) is 80.9 Å². The van der Waals surface area contributed by atoms with Gasteiger partial charge in [-0.3, -0.25) is 9.78 Å². The number of amides is 1. The summed E-state index contributed by atoms with van der Waals surface area (Å²) in [5, 5.41) is 7.32. The molecule has 1 aromatic carbocycles. The van der Waals surface area contributed by atoms with Gasteiger partial charge in [-0.15, -0.1) is 0 Å². The van der Waals surface area contributed by atoms with Crippen LogP contribution in [0.2, 0.25) is 0 Å². The highest BCUT2D eigenvalue weighted by atomic mass is 19.1. The first-order valence-corrected chi connectivity index (χ1v) is 8.33. The van der Waals surface area contributed by atoms with E-state index in [1.165, 1.54) is 12.1 Å². The van der Waals surface area contributed by atoms with E-state index in [2.05, 4.69) is 20.4 Å². The Morgan fingerprint density at radius 2 is 2.00 bits per heavy atom. The predicted octanol–water partition coefficient (Wildman–Crippen LogP) is 3.66. The monoisotopic (exact) mass is 362 g/mol. The van der Waals surface area contributed by atoms with E-state index in [1.807, 2.05) is 18.2 Å². The summed E-state index contributed by atoms with van der Waals surface area (Å²) in [6.45, 7) is 2.04. The Kier molecular flexibility index (Phi) is 4.33. The number of hydrogen-bond acceptors (Lipinski definition) is 5. The molecule has 0 aliphatic carbocycles. The van der Waals surface area contributed by atoms with Gasteiger partial charge in [0.05, 0.1) is 34.6 Å². The average molecular weight is 362 g/mol. The molecule has 7 heteroatoms. The number of fused-ring (bicyclic) bond motifs is 1. The molecule has 0 atom stereocenters. The molecule has 0 bridgehead atoms. The minimum atomic E-state index is -0.344. The van der Waals surface area contributed by atoms with Gasteiger partial charge in [-0.05, 0) is 49.4 Å². The van der Waals surface area contributed by atoms with Crippen LogP contribution in [0.25, 0.3) is 22.4 Å². The van der Waals surface area contributed by atoms with Crippen molar-refractivity contribution in [3.63, 3.8) is 0 Å². The zero-order chi connectivity index (χ0) is 18.8. The minimum absolute atomic E-state index is 0.261. The van der Waals surface area contributed by atoms with Crippen LogP contribution < -0.4 is 5.32 Å². The van der Waals surface area contributed by atoms with Gasteiger partial charge in [0.25, 0.3) is 11.6 Å². The van der Waals surface area contributed by atoms with Gasteiger partial charge in [0.1, 0.15) is 5.82 Å². The lowest BCUT2D eigenvalue weighted by Crippen LogP contribution is -2.23. The summed E-state index contributed by atoms with van der Waals surface area (Å²) in [6.07, 6.45) is 1.67. The van der Waals surface area contributed by atoms with Gasteiger partial charge >= 0.3 is 0 Å². The van der Waals surface area contributed by atoms with Crippen molar-refractivity contribution < 1.29 is 13.7 Å². The quantitative estimate of drug-likeness (QED) is 0.599. The summed E-state index contributed by atoms with van der Waals surface area (Å²) >= 11 is 0. The Bertz CT molecular complexity index is 1110. The van der Waals surface area contributed by atoms with Crippen LogP contribution in [0.5, 0.6) is 0 Å². The van der Waals surface area contributed by atoms with Crippen LogP contribution >= 0.6 is 0 Å². The number of aryl methyl sites for hydroxylation is 1. The lowest BCUT2D eigenvalue weighted by Gasteiger charge is -2.08. The second kappa shape index (κ2) is 6.95. The van der Waals surface area contributed by atoms with Crippen molar-refractivity contribution in [3.05, 3.63) is 77.5 Å². The van der Waals surface area contributed by atoms with Gasteiger partial charge in [-0.1, -0.05) is 11.2 Å². The molecule has 4 aromatic rings. The van der Waals surface area contributed by atoms with Crippen molar-refractivity contribution >= 4 is 17.0 Å². The molecule has 4 rings (SSSR count). The van der Waals surface area contributed by atoms with Crippen LogP contribution in [-0.2, 0) is 6.54 Å². The van der Waals surface area contributed by atoms with Crippen molar-refractivity contribution in [1.82, 2.24) is 20.4 Å². The molecule has 1 N–H and O–H groups in total. The van der Waals surface area contributed by atoms with E-state index in [9.17, 15) is 9.18 Å². The first-order valence-electron chi connectivity index (χ1n) is 8.33. The smallest absolute Gasteiger partial charge is 0.259 e. The Balaban J connectivity index is 1.72. The number of benzene rings is 1. The van der Waals surface area contributed by atoms with Gasteiger partial charge < -0.3 is 9.84 Å². The van der Waals surface area contributed by atoms with E-state index in [0.717, 1.165) is 5.69 Å². The molecule has 0 unspecified atom stereocenters. The number of halogens is 1. The third-order valence-electron chi connectivity index (χ3n) is 4.16. The molecule has 0 fully saturated rings. The van der Waals surface area contributed by atoms with Crippen LogP contribution in [0.3, 0.4) is 0 Å². The normalized spacial score (nSPS) is 10.9. The molecule has 0 saturated carbocycles. The summed E-state index contributed by atoms with van der Waals surface area (Å²) in [4.78, 5) is 21.4. The molecule has 3 aromatic heterocycles. The third kappa shape index (κ3) is 3.39. The van der Waals surface area contributed by atoms with Crippen LogP contribution in [-0.4, -0.2) is 21.0 Å². The van der Waals surface area contributed by atoms with Crippen molar-refractivity contribution in [2.45, 2.75) is 13.5 Å². The number of nitrogens with one attached hydrogen (secondary N) is 1. The first kappa shape index (κ1) is 16.8. The Hall–Kier alpha value is -3.61. The van der Waals surface area contributed by atoms with Crippen LogP contribution in [0.4, 0.5) is 4.39 Å². The largest absolute Gasteiger partial charge is 0.346 e. The Morgan fingerprint density at radius 3 is 2.74 bits per heavy atom. The SMILES string of the molecule is Cc1noc2nc(-c3ccc(F)cc3)cc(C(=O)NCc3ccccn3)c12. The standard InChI is InChI=1S/C20H15FN4O2/c1-12-18-16(19(26)23-11-15-4-2-3-9-22-15)10-17(24-20(18)27-25-12)13-5-7-14(21)8-6-13/h2-10H,11H2,1H3,(H,23,26). The van der Waals surface area contributed by atoms with E-state index in [4.69, 9.17) is 4.52 Å². The third-order valence-corrected chi connectivity index (χ3v) is 4.16. The van der Waals surface area contributed by atoms with Crippen LogP contribution in [0.15, 0.2) is 59.3 Å². The summed E-state index contributed by atoms with van der Waals surface area (Å²) in [5.41, 5.74) is 3.15. The molecule has 0 aliphatic rings. The number of aromatic nitrogens is 3. The molecule has 0 radical (unpaired) electrons. The molecule has 1 amide bonds. The van der Waals surface area contributed by atoms with E-state index < -0.39 is 0 Å². The zero-order valence-corrected chi connectivity index (χ0v) is 14.4. The van der Waals surface area contributed by atoms with E-state index >= 15 is 0 Å². The van der Waals surface area contributed by atoms with Crippen molar-refractivity contribution in [1.29, 1.82) is 0 Å².